The molecule has 4 atom stereocenters. The van der Waals surface area contributed by atoms with Crippen LogP contribution in [0.3, 0.4) is 0 Å². The summed E-state index contributed by atoms with van der Waals surface area (Å²) in [6, 6.07) is 18.9. The normalized spacial score (nSPS) is 12.7. The van der Waals surface area contributed by atoms with Crippen molar-refractivity contribution in [2.24, 2.45) is 0 Å². The number of carbonyl (C=O) groups is 6. The molecule has 0 saturated carbocycles. The first kappa shape index (κ1) is 47.1. The lowest BCUT2D eigenvalue weighted by atomic mass is 10.0. The van der Waals surface area contributed by atoms with Crippen LogP contribution >= 0.6 is 11.3 Å². The van der Waals surface area contributed by atoms with E-state index in [1.54, 1.807) is 0 Å². The fourth-order valence-electron chi connectivity index (χ4n) is 6.01. The molecule has 4 aromatic carbocycles. The zero-order valence-electron chi connectivity index (χ0n) is 33.6. The van der Waals surface area contributed by atoms with Crippen molar-refractivity contribution in [3.63, 3.8) is 0 Å². The Morgan fingerprint density at radius 1 is 0.541 bits per heavy atom. The summed E-state index contributed by atoms with van der Waals surface area (Å²) in [5.74, 6) is -6.73. The monoisotopic (exact) mass is 864 g/mol. The van der Waals surface area contributed by atoms with Gasteiger partial charge in [0.1, 0.15) is 47.4 Å². The second-order valence-electron chi connectivity index (χ2n) is 13.8. The van der Waals surface area contributed by atoms with E-state index in [1.165, 1.54) is 39.4 Å². The molecule has 0 aliphatic heterocycles. The summed E-state index contributed by atoms with van der Waals surface area (Å²) >= 11 is 1.44. The summed E-state index contributed by atoms with van der Waals surface area (Å²) in [6.45, 7) is 2.89. The molecule has 0 unspecified atom stereocenters. The van der Waals surface area contributed by atoms with E-state index in [2.05, 4.69) is 21.3 Å². The number of amides is 4. The average molecular weight is 865 g/mol. The molecule has 0 aliphatic carbocycles. The standard InChI is InChI=1S/C25H24F2N2O4.C19H20F2N2O4S/c1-15(28-23(30)13-17-10-20(26)14-21(27)11-17)24(31)29-22(25(32)33-2)12-16-7-8-18-5-3-4-6-19(18)9-16;1-11(22-17(24)8-12-6-13(20)9-14(21)7-12)18(25)23-16(19(26)27-2)10-15-4-3-5-28-15/h3-11,14-15,22H,12-13H2,1-2H3,(H,28,30)(H,29,31);3-7,9,11,16H,8,10H2,1-2H3,(H,22,24)(H,23,25)/t15-,22-;11-,16-/m00/s1. The number of benzene rings is 4. The number of methoxy groups -OCH3 is 2. The van der Waals surface area contributed by atoms with Crippen LogP contribution in [0.4, 0.5) is 17.6 Å². The summed E-state index contributed by atoms with van der Waals surface area (Å²) in [7, 11) is 2.45. The molecule has 322 valence electrons. The molecule has 4 N–H and O–H groups in total. The largest absolute Gasteiger partial charge is 0.467 e. The van der Waals surface area contributed by atoms with Gasteiger partial charge in [-0.3, -0.25) is 19.2 Å². The molecule has 5 aromatic rings. The second-order valence-corrected chi connectivity index (χ2v) is 14.9. The molecular weight excluding hydrogens is 821 g/mol. The van der Waals surface area contributed by atoms with Gasteiger partial charge in [-0.25, -0.2) is 27.2 Å². The van der Waals surface area contributed by atoms with Crippen molar-refractivity contribution in [2.75, 3.05) is 14.2 Å². The number of ether oxygens (including phenoxy) is 2. The minimum absolute atomic E-state index is 0.140. The number of nitrogens with one attached hydrogen (secondary N) is 4. The van der Waals surface area contributed by atoms with Crippen LogP contribution < -0.4 is 21.3 Å². The number of thiophene rings is 1. The number of carbonyl (C=O) groups excluding carboxylic acids is 6. The molecule has 61 heavy (non-hydrogen) atoms. The van der Waals surface area contributed by atoms with E-state index in [-0.39, 0.29) is 36.8 Å². The summed E-state index contributed by atoms with van der Waals surface area (Å²) in [6.07, 6.45) is -0.127. The maximum atomic E-state index is 13.3. The summed E-state index contributed by atoms with van der Waals surface area (Å²) in [5, 5.41) is 14.0. The number of fused-ring (bicyclic) bond motifs is 1. The van der Waals surface area contributed by atoms with Gasteiger partial charge in [0.15, 0.2) is 0 Å². The lowest BCUT2D eigenvalue weighted by molar-refractivity contribution is -0.145. The van der Waals surface area contributed by atoms with E-state index < -0.39 is 83.0 Å². The van der Waals surface area contributed by atoms with Crippen LogP contribution in [-0.2, 0) is 63.9 Å². The Morgan fingerprint density at radius 2 is 1.00 bits per heavy atom. The van der Waals surface area contributed by atoms with Crippen molar-refractivity contribution < 1.29 is 55.8 Å². The van der Waals surface area contributed by atoms with E-state index in [9.17, 15) is 46.3 Å². The zero-order chi connectivity index (χ0) is 44.6. The summed E-state index contributed by atoms with van der Waals surface area (Å²) in [5.41, 5.74) is 1.11. The molecular formula is C44H44F4N4O8S. The third-order valence-electron chi connectivity index (χ3n) is 8.96. The third-order valence-corrected chi connectivity index (χ3v) is 9.86. The number of halogens is 4. The molecule has 0 spiro atoms. The SMILES string of the molecule is COC(=O)[C@H](Cc1ccc2ccccc2c1)NC(=O)[C@H](C)NC(=O)Cc1cc(F)cc(F)c1.COC(=O)[C@H](Cc1cccs1)NC(=O)[C@H](C)NC(=O)Cc1cc(F)cc(F)c1. The van der Waals surface area contributed by atoms with Gasteiger partial charge in [0.25, 0.3) is 0 Å². The zero-order valence-corrected chi connectivity index (χ0v) is 34.4. The fourth-order valence-corrected chi connectivity index (χ4v) is 6.76. The van der Waals surface area contributed by atoms with E-state index >= 15 is 0 Å². The molecule has 5 rings (SSSR count). The first-order valence-electron chi connectivity index (χ1n) is 18.8. The third kappa shape index (κ3) is 15.2. The Kier molecular flexibility index (Phi) is 17.5. The van der Waals surface area contributed by atoms with Gasteiger partial charge >= 0.3 is 11.9 Å². The Morgan fingerprint density at radius 3 is 1.44 bits per heavy atom. The Balaban J connectivity index is 0.000000272. The van der Waals surface area contributed by atoms with Gasteiger partial charge in [0.05, 0.1) is 27.1 Å². The van der Waals surface area contributed by atoms with Crippen LogP contribution in [0.25, 0.3) is 10.8 Å². The van der Waals surface area contributed by atoms with Crippen molar-refractivity contribution in [1.82, 2.24) is 21.3 Å². The van der Waals surface area contributed by atoms with Crippen LogP contribution in [-0.4, -0.2) is 74.0 Å². The highest BCUT2D eigenvalue weighted by Gasteiger charge is 2.27. The summed E-state index contributed by atoms with van der Waals surface area (Å²) < 4.78 is 62.6. The van der Waals surface area contributed by atoms with Crippen molar-refractivity contribution >= 4 is 57.7 Å². The van der Waals surface area contributed by atoms with Crippen molar-refractivity contribution in [3.05, 3.63) is 141 Å². The van der Waals surface area contributed by atoms with Gasteiger partial charge in [-0.05, 0) is 77.0 Å². The highest BCUT2D eigenvalue weighted by molar-refractivity contribution is 7.09. The fraction of sp³-hybridized carbons (Fsp3) is 0.273. The lowest BCUT2D eigenvalue weighted by Crippen LogP contribution is -2.51. The molecule has 12 nitrogen and oxygen atoms in total. The predicted octanol–water partition coefficient (Wildman–Crippen LogP) is 5.04. The van der Waals surface area contributed by atoms with Crippen molar-refractivity contribution in [3.8, 4) is 0 Å². The molecule has 0 aliphatic rings. The topological polar surface area (TPSA) is 169 Å². The minimum Gasteiger partial charge on any atom is -0.467 e. The van der Waals surface area contributed by atoms with Gasteiger partial charge in [0, 0.05) is 29.9 Å². The molecule has 0 radical (unpaired) electrons. The number of esters is 2. The van der Waals surface area contributed by atoms with Crippen LogP contribution in [0.1, 0.15) is 35.4 Å². The second kappa shape index (κ2) is 22.7. The quantitative estimate of drug-likeness (QED) is 0.0791. The highest BCUT2D eigenvalue weighted by Crippen LogP contribution is 2.18. The molecule has 0 fully saturated rings. The molecule has 1 aromatic heterocycles. The van der Waals surface area contributed by atoms with Gasteiger partial charge in [-0.1, -0.05) is 48.5 Å². The Bertz CT molecular complexity index is 2310. The van der Waals surface area contributed by atoms with Gasteiger partial charge in [-0.15, -0.1) is 11.3 Å². The number of hydrogen-bond acceptors (Lipinski definition) is 9. The number of hydrogen-bond donors (Lipinski definition) is 4. The first-order valence-corrected chi connectivity index (χ1v) is 19.7. The van der Waals surface area contributed by atoms with Crippen molar-refractivity contribution in [1.29, 1.82) is 0 Å². The first-order chi connectivity index (χ1) is 29.0. The Hall–Kier alpha value is -6.62. The molecule has 17 heteroatoms. The molecule has 1 heterocycles. The molecule has 0 saturated heterocycles. The van der Waals surface area contributed by atoms with Crippen LogP contribution in [0, 0.1) is 23.3 Å². The van der Waals surface area contributed by atoms with E-state index in [1.807, 2.05) is 60.0 Å². The van der Waals surface area contributed by atoms with E-state index in [0.717, 1.165) is 45.5 Å². The smallest absolute Gasteiger partial charge is 0.328 e. The lowest BCUT2D eigenvalue weighted by Gasteiger charge is -2.20. The molecule has 4 amide bonds. The van der Waals surface area contributed by atoms with Crippen LogP contribution in [0.15, 0.2) is 96.4 Å². The maximum Gasteiger partial charge on any atom is 0.328 e. The van der Waals surface area contributed by atoms with Crippen LogP contribution in [0.5, 0.6) is 0 Å². The number of rotatable bonds is 16. The van der Waals surface area contributed by atoms with Gasteiger partial charge in [0.2, 0.25) is 23.6 Å². The predicted molar refractivity (Wildman–Crippen MR) is 219 cm³/mol. The average Bonchev–Trinajstić information content (AvgIpc) is 3.72. The van der Waals surface area contributed by atoms with Crippen LogP contribution in [0.2, 0.25) is 0 Å². The maximum absolute atomic E-state index is 13.3. The van der Waals surface area contributed by atoms with Gasteiger partial charge < -0.3 is 30.7 Å². The Labute approximate surface area is 353 Å². The highest BCUT2D eigenvalue weighted by atomic mass is 32.1. The molecule has 0 bridgehead atoms. The van der Waals surface area contributed by atoms with Gasteiger partial charge in [-0.2, -0.15) is 0 Å². The minimum atomic E-state index is -0.986. The van der Waals surface area contributed by atoms with E-state index in [4.69, 9.17) is 9.47 Å². The van der Waals surface area contributed by atoms with Crippen molar-refractivity contribution in [2.45, 2.75) is 63.7 Å². The summed E-state index contributed by atoms with van der Waals surface area (Å²) in [4.78, 5) is 74.3. The van der Waals surface area contributed by atoms with E-state index in [0.29, 0.717) is 12.1 Å².